The smallest absolute Gasteiger partial charge is 0.0898 e. The van der Waals surface area contributed by atoms with Crippen molar-refractivity contribution in [1.29, 1.82) is 0 Å². The molecule has 0 N–H and O–H groups in total. The standard InChI is InChI=1S/C21H26N2S/c1-22-18-13-7-8-14-19(18)23(2)21(22)17-12-6-9-15-20(17)24-16-10-4-3-5-11-16/h3-6,9-12,15,18-19,21H,7-8,13-14H2,1-2H3/t18-,19-/m1/s1. The lowest BCUT2D eigenvalue weighted by Crippen LogP contribution is -2.37. The summed E-state index contributed by atoms with van der Waals surface area (Å²) in [6.45, 7) is 0. The zero-order valence-corrected chi connectivity index (χ0v) is 15.4. The summed E-state index contributed by atoms with van der Waals surface area (Å²) in [7, 11) is 4.64. The zero-order valence-electron chi connectivity index (χ0n) is 14.6. The van der Waals surface area contributed by atoms with E-state index in [-0.39, 0.29) is 0 Å². The van der Waals surface area contributed by atoms with Crippen molar-refractivity contribution < 1.29 is 0 Å². The van der Waals surface area contributed by atoms with Crippen molar-refractivity contribution in [2.45, 2.75) is 53.7 Å². The quantitative estimate of drug-likeness (QED) is 0.775. The number of fused-ring (bicyclic) bond motifs is 1. The van der Waals surface area contributed by atoms with Gasteiger partial charge in [0.2, 0.25) is 0 Å². The van der Waals surface area contributed by atoms with E-state index in [0.717, 1.165) is 0 Å². The molecular formula is C21H26N2S. The molecule has 1 heterocycles. The van der Waals surface area contributed by atoms with Crippen molar-refractivity contribution >= 4 is 11.8 Å². The lowest BCUT2D eigenvalue weighted by atomic mass is 9.91. The van der Waals surface area contributed by atoms with Crippen molar-refractivity contribution in [3.05, 3.63) is 60.2 Å². The van der Waals surface area contributed by atoms with Crippen molar-refractivity contribution in [3.8, 4) is 0 Å². The molecule has 2 aromatic rings. The van der Waals surface area contributed by atoms with Gasteiger partial charge in [0.05, 0.1) is 6.17 Å². The van der Waals surface area contributed by atoms with Gasteiger partial charge in [-0.3, -0.25) is 9.80 Å². The molecule has 0 radical (unpaired) electrons. The van der Waals surface area contributed by atoms with Crippen LogP contribution in [0.2, 0.25) is 0 Å². The summed E-state index contributed by atoms with van der Waals surface area (Å²) >= 11 is 1.89. The van der Waals surface area contributed by atoms with Crippen LogP contribution < -0.4 is 0 Å². The van der Waals surface area contributed by atoms with Gasteiger partial charge < -0.3 is 0 Å². The Labute approximate surface area is 149 Å². The molecule has 0 spiro atoms. The van der Waals surface area contributed by atoms with Crippen LogP contribution in [0.25, 0.3) is 0 Å². The van der Waals surface area contributed by atoms with E-state index in [1.165, 1.54) is 41.0 Å². The van der Waals surface area contributed by atoms with E-state index in [0.29, 0.717) is 18.2 Å². The number of hydrogen-bond donors (Lipinski definition) is 0. The highest BCUT2D eigenvalue weighted by Gasteiger charge is 2.45. The first-order valence-electron chi connectivity index (χ1n) is 9.01. The lowest BCUT2D eigenvalue weighted by molar-refractivity contribution is 0.162. The van der Waals surface area contributed by atoms with Crippen LogP contribution in [0.15, 0.2) is 64.4 Å². The van der Waals surface area contributed by atoms with Gasteiger partial charge in [0.25, 0.3) is 0 Å². The van der Waals surface area contributed by atoms with Gasteiger partial charge in [-0.05, 0) is 50.7 Å². The predicted molar refractivity (Wildman–Crippen MR) is 101 cm³/mol. The van der Waals surface area contributed by atoms with Crippen LogP contribution in [-0.4, -0.2) is 36.0 Å². The number of rotatable bonds is 3. The molecule has 2 aromatic carbocycles. The SMILES string of the molecule is CN1C(c2ccccc2Sc2ccccc2)N(C)[C@@H]2CCCC[C@H]21. The Kier molecular flexibility index (Phi) is 4.66. The molecule has 0 aromatic heterocycles. The molecule has 126 valence electrons. The molecule has 1 saturated carbocycles. The predicted octanol–water partition coefficient (Wildman–Crippen LogP) is 5.02. The van der Waals surface area contributed by atoms with Crippen LogP contribution in [0, 0.1) is 0 Å². The fourth-order valence-corrected chi connectivity index (χ4v) is 5.52. The minimum Gasteiger partial charge on any atom is -0.283 e. The summed E-state index contributed by atoms with van der Waals surface area (Å²) in [5.74, 6) is 0. The molecule has 2 atom stereocenters. The Morgan fingerprint density at radius 2 is 1.38 bits per heavy atom. The topological polar surface area (TPSA) is 6.48 Å². The van der Waals surface area contributed by atoms with Gasteiger partial charge in [-0.25, -0.2) is 0 Å². The summed E-state index contributed by atoms with van der Waals surface area (Å²) in [4.78, 5) is 7.93. The van der Waals surface area contributed by atoms with Crippen LogP contribution in [0.1, 0.15) is 37.4 Å². The molecule has 0 bridgehead atoms. The molecule has 2 fully saturated rings. The Balaban J connectivity index is 1.66. The highest BCUT2D eigenvalue weighted by atomic mass is 32.2. The highest BCUT2D eigenvalue weighted by molar-refractivity contribution is 7.99. The summed E-state index contributed by atoms with van der Waals surface area (Å²) in [6, 6.07) is 21.1. The molecule has 1 aliphatic heterocycles. The third-order valence-corrected chi connectivity index (χ3v) is 6.78. The lowest BCUT2D eigenvalue weighted by Gasteiger charge is -2.29. The molecule has 24 heavy (non-hydrogen) atoms. The summed E-state index contributed by atoms with van der Waals surface area (Å²) in [6.07, 6.45) is 5.84. The van der Waals surface area contributed by atoms with E-state index in [1.807, 2.05) is 11.8 Å². The van der Waals surface area contributed by atoms with E-state index in [2.05, 4.69) is 78.5 Å². The summed E-state index contributed by atoms with van der Waals surface area (Å²) in [5.41, 5.74) is 1.45. The molecule has 0 amide bonds. The molecule has 1 aliphatic carbocycles. The number of likely N-dealkylation sites (N-methyl/N-ethyl adjacent to an activating group) is 2. The highest BCUT2D eigenvalue weighted by Crippen LogP contribution is 2.44. The van der Waals surface area contributed by atoms with E-state index in [4.69, 9.17) is 0 Å². The van der Waals surface area contributed by atoms with Crippen LogP contribution in [0.5, 0.6) is 0 Å². The van der Waals surface area contributed by atoms with Crippen molar-refractivity contribution in [2.75, 3.05) is 14.1 Å². The second-order valence-electron chi connectivity index (χ2n) is 7.08. The number of hydrogen-bond acceptors (Lipinski definition) is 3. The fraction of sp³-hybridized carbons (Fsp3) is 0.429. The molecule has 2 aliphatic rings. The summed E-state index contributed by atoms with van der Waals surface area (Å²) < 4.78 is 0. The van der Waals surface area contributed by atoms with Crippen LogP contribution in [-0.2, 0) is 0 Å². The van der Waals surface area contributed by atoms with Gasteiger partial charge in [0.1, 0.15) is 0 Å². The minimum absolute atomic E-state index is 0.394. The second-order valence-corrected chi connectivity index (χ2v) is 8.19. The Hall–Kier alpha value is -1.29. The molecule has 0 unspecified atom stereocenters. The van der Waals surface area contributed by atoms with Gasteiger partial charge in [-0.2, -0.15) is 0 Å². The molecule has 1 saturated heterocycles. The van der Waals surface area contributed by atoms with Gasteiger partial charge >= 0.3 is 0 Å². The molecule has 3 heteroatoms. The average Bonchev–Trinajstić information content (AvgIpc) is 2.88. The van der Waals surface area contributed by atoms with E-state index in [1.54, 1.807) is 0 Å². The van der Waals surface area contributed by atoms with Crippen LogP contribution in [0.3, 0.4) is 0 Å². The van der Waals surface area contributed by atoms with E-state index < -0.39 is 0 Å². The summed E-state index contributed by atoms with van der Waals surface area (Å²) in [5, 5.41) is 0. The van der Waals surface area contributed by atoms with Gasteiger partial charge in [0, 0.05) is 21.9 Å². The Morgan fingerprint density at radius 3 is 2.04 bits per heavy atom. The fourth-order valence-electron chi connectivity index (χ4n) is 4.53. The normalized spacial score (nSPS) is 25.8. The van der Waals surface area contributed by atoms with Crippen LogP contribution >= 0.6 is 11.8 Å². The van der Waals surface area contributed by atoms with Crippen LogP contribution in [0.4, 0.5) is 0 Å². The molecular weight excluding hydrogens is 312 g/mol. The Morgan fingerprint density at radius 1 is 0.792 bits per heavy atom. The monoisotopic (exact) mass is 338 g/mol. The third-order valence-electron chi connectivity index (χ3n) is 5.68. The minimum atomic E-state index is 0.394. The molecule has 4 rings (SSSR count). The largest absolute Gasteiger partial charge is 0.283 e. The maximum absolute atomic E-state index is 2.62. The van der Waals surface area contributed by atoms with Crippen molar-refractivity contribution in [1.82, 2.24) is 9.80 Å². The second kappa shape index (κ2) is 6.91. The molecule has 2 nitrogen and oxygen atoms in total. The number of benzene rings is 2. The van der Waals surface area contributed by atoms with Crippen molar-refractivity contribution in [3.63, 3.8) is 0 Å². The first-order valence-corrected chi connectivity index (χ1v) is 9.83. The van der Waals surface area contributed by atoms with Crippen molar-refractivity contribution in [2.24, 2.45) is 0 Å². The first-order chi connectivity index (χ1) is 11.8. The van der Waals surface area contributed by atoms with Gasteiger partial charge in [-0.15, -0.1) is 0 Å². The maximum atomic E-state index is 2.62. The third kappa shape index (κ3) is 2.90. The number of nitrogens with zero attached hydrogens (tertiary/aromatic N) is 2. The maximum Gasteiger partial charge on any atom is 0.0898 e. The first kappa shape index (κ1) is 16.2. The Bertz CT molecular complexity index is 669. The van der Waals surface area contributed by atoms with Gasteiger partial charge in [0.15, 0.2) is 0 Å². The van der Waals surface area contributed by atoms with E-state index in [9.17, 15) is 0 Å². The van der Waals surface area contributed by atoms with E-state index >= 15 is 0 Å². The van der Waals surface area contributed by atoms with Gasteiger partial charge in [-0.1, -0.05) is 61.0 Å². The zero-order chi connectivity index (χ0) is 16.5. The average molecular weight is 339 g/mol.